The zero-order valence-electron chi connectivity index (χ0n) is 22.6. The maximum Gasteiger partial charge on any atom is 0.227 e. The van der Waals surface area contributed by atoms with Gasteiger partial charge in [0.2, 0.25) is 11.4 Å². The van der Waals surface area contributed by atoms with E-state index < -0.39 is 19.6 Å². The van der Waals surface area contributed by atoms with Gasteiger partial charge in [-0.2, -0.15) is 0 Å². The first-order chi connectivity index (χ1) is 16.4. The second-order valence-corrected chi connectivity index (χ2v) is 7.00. The van der Waals surface area contributed by atoms with Gasteiger partial charge >= 0.3 is 0 Å². The Kier molecular flexibility index (Phi) is 2.41. The van der Waals surface area contributed by atoms with Crippen molar-refractivity contribution in [3.63, 3.8) is 0 Å². The Bertz CT molecular complexity index is 1600. The van der Waals surface area contributed by atoms with Gasteiger partial charge in [-0.05, 0) is 47.4 Å². The lowest BCUT2D eigenvalue weighted by molar-refractivity contribution is -0.660. The summed E-state index contributed by atoms with van der Waals surface area (Å²) in [4.78, 5) is 4.39. The molecule has 0 bridgehead atoms. The predicted molar refractivity (Wildman–Crippen MR) is 114 cm³/mol. The van der Waals surface area contributed by atoms with E-state index in [1.54, 1.807) is 23.9 Å². The third-order valence-corrected chi connectivity index (χ3v) is 5.35. The third kappa shape index (κ3) is 2.36. The van der Waals surface area contributed by atoms with E-state index >= 15 is 0 Å². The van der Waals surface area contributed by atoms with Crippen LogP contribution in [0.2, 0.25) is 0 Å². The summed E-state index contributed by atoms with van der Waals surface area (Å²) in [6.45, 7) is -4.11. The lowest BCUT2D eigenvalue weighted by Crippen LogP contribution is -2.31. The van der Waals surface area contributed by atoms with Gasteiger partial charge in [-0.25, -0.2) is 9.55 Å². The zero-order chi connectivity index (χ0) is 25.3. The highest BCUT2D eigenvalue weighted by Crippen LogP contribution is 2.42. The summed E-state index contributed by atoms with van der Waals surface area (Å²) in [7, 11) is 1.71. The fraction of sp³-hybridized carbons (Fsp3) is 0.200. The van der Waals surface area contributed by atoms with Crippen molar-refractivity contribution in [1.29, 1.82) is 0 Å². The minimum Gasteiger partial charge on any atom is -0.437 e. The summed E-state index contributed by atoms with van der Waals surface area (Å²) in [5.41, 5.74) is 3.49. The molecule has 5 aromatic rings. The molecule has 3 heterocycles. The van der Waals surface area contributed by atoms with Crippen molar-refractivity contribution >= 4 is 32.8 Å². The van der Waals surface area contributed by atoms with Crippen LogP contribution in [0.3, 0.4) is 0 Å². The minimum absolute atomic E-state index is 0.107. The summed E-state index contributed by atoms with van der Waals surface area (Å²) in [5.74, 6) is -2.77. The van der Waals surface area contributed by atoms with Gasteiger partial charge in [-0.1, -0.05) is 38.0 Å². The van der Waals surface area contributed by atoms with Crippen LogP contribution < -0.4 is 4.57 Å². The lowest BCUT2D eigenvalue weighted by Gasteiger charge is -2.11. The zero-order valence-corrected chi connectivity index (χ0v) is 15.6. The van der Waals surface area contributed by atoms with Crippen LogP contribution in [0.15, 0.2) is 65.3 Å². The Morgan fingerprint density at radius 2 is 1.82 bits per heavy atom. The summed E-state index contributed by atoms with van der Waals surface area (Å²) in [5, 5.41) is 3.87. The van der Waals surface area contributed by atoms with Gasteiger partial charge in [0.05, 0.1) is 5.56 Å². The topological polar surface area (TPSA) is 29.9 Å². The van der Waals surface area contributed by atoms with Gasteiger partial charge in [0.15, 0.2) is 11.8 Å². The first kappa shape index (κ1) is 11.0. The summed E-state index contributed by atoms with van der Waals surface area (Å²) in [6, 6.07) is 14.9. The van der Waals surface area contributed by atoms with E-state index in [4.69, 9.17) is 14.0 Å². The number of benzene rings is 2. The van der Waals surface area contributed by atoms with Crippen LogP contribution in [0, 0.1) is 6.92 Å². The quantitative estimate of drug-likeness (QED) is 0.352. The van der Waals surface area contributed by atoms with Crippen LogP contribution in [0.5, 0.6) is 0 Å². The van der Waals surface area contributed by atoms with Crippen molar-refractivity contribution in [3.8, 4) is 11.3 Å². The van der Waals surface area contributed by atoms with E-state index in [2.05, 4.69) is 4.98 Å². The molecule has 3 aromatic heterocycles. The van der Waals surface area contributed by atoms with Crippen molar-refractivity contribution in [2.24, 2.45) is 7.05 Å². The average molecular weight is 375 g/mol. The number of aromatic nitrogens is 2. The van der Waals surface area contributed by atoms with Crippen LogP contribution in [0.25, 0.3) is 44.1 Å². The Balaban J connectivity index is 1.84. The molecule has 0 fully saturated rings. The van der Waals surface area contributed by atoms with E-state index in [0.29, 0.717) is 17.0 Å². The van der Waals surface area contributed by atoms with Gasteiger partial charge in [0.25, 0.3) is 0 Å². The molecule has 138 valence electrons. The highest BCUT2D eigenvalue weighted by Gasteiger charge is 2.24. The Hall–Kier alpha value is -3.20. The maximum atomic E-state index is 8.53. The molecule has 0 saturated heterocycles. The monoisotopic (exact) mass is 374 g/mol. The fourth-order valence-corrected chi connectivity index (χ4v) is 4.03. The second kappa shape index (κ2) is 6.16. The predicted octanol–water partition coefficient (Wildman–Crippen LogP) is 6.06. The molecule has 0 saturated carbocycles. The van der Waals surface area contributed by atoms with Crippen LogP contribution in [-0.2, 0) is 7.05 Å². The lowest BCUT2D eigenvalue weighted by atomic mass is 9.93. The van der Waals surface area contributed by atoms with Crippen molar-refractivity contribution in [2.75, 3.05) is 0 Å². The largest absolute Gasteiger partial charge is 0.437 e. The van der Waals surface area contributed by atoms with Crippen molar-refractivity contribution in [1.82, 2.24) is 4.98 Å². The molecule has 0 aliphatic rings. The molecule has 5 rings (SSSR count). The number of hydrogen-bond donors (Lipinski definition) is 0. The molecule has 0 aliphatic carbocycles. The molecular weight excluding hydrogens is 344 g/mol. The standard InChI is InChI=1S/C25H23N2O/c1-15(2)17-11-12-21(27(4)14-17)22-16(3)18-8-5-6-9-19(18)23-20-10-7-13-26-25(20)28-24(22)23/h5-15H,1-4H3/q+1/i1D3,2D3,15D. The van der Waals surface area contributed by atoms with Crippen LogP contribution in [0.1, 0.15) is 40.3 Å². The van der Waals surface area contributed by atoms with Gasteiger partial charge in [-0.15, -0.1) is 0 Å². The van der Waals surface area contributed by atoms with E-state index in [-0.39, 0.29) is 5.56 Å². The summed E-state index contributed by atoms with van der Waals surface area (Å²) >= 11 is 0. The molecule has 3 heteroatoms. The summed E-state index contributed by atoms with van der Waals surface area (Å²) < 4.78 is 63.3. The molecule has 28 heavy (non-hydrogen) atoms. The van der Waals surface area contributed by atoms with Gasteiger partial charge < -0.3 is 4.42 Å². The van der Waals surface area contributed by atoms with Crippen LogP contribution >= 0.6 is 0 Å². The van der Waals surface area contributed by atoms with Crippen LogP contribution in [-0.4, -0.2) is 4.98 Å². The molecule has 0 aliphatic heterocycles. The number of fused-ring (bicyclic) bond motifs is 5. The van der Waals surface area contributed by atoms with E-state index in [1.807, 2.05) is 43.3 Å². The van der Waals surface area contributed by atoms with E-state index in [0.717, 1.165) is 32.7 Å². The van der Waals surface area contributed by atoms with Gasteiger partial charge in [0, 0.05) is 38.2 Å². The number of aryl methyl sites for hydroxylation is 2. The highest BCUT2D eigenvalue weighted by molar-refractivity contribution is 6.22. The van der Waals surface area contributed by atoms with Crippen molar-refractivity contribution < 1.29 is 18.6 Å². The van der Waals surface area contributed by atoms with Crippen molar-refractivity contribution in [2.45, 2.75) is 26.5 Å². The number of rotatable bonds is 2. The molecule has 3 nitrogen and oxygen atoms in total. The molecular formula is C25H23N2O+. The summed E-state index contributed by atoms with van der Waals surface area (Å²) in [6.07, 6.45) is 3.09. The average Bonchev–Trinajstić information content (AvgIpc) is 3.17. The van der Waals surface area contributed by atoms with Crippen molar-refractivity contribution in [3.05, 3.63) is 72.1 Å². The smallest absolute Gasteiger partial charge is 0.227 e. The number of furan rings is 1. The van der Waals surface area contributed by atoms with Gasteiger partial charge in [0.1, 0.15) is 7.05 Å². The van der Waals surface area contributed by atoms with Crippen LogP contribution in [0.4, 0.5) is 0 Å². The van der Waals surface area contributed by atoms with E-state index in [9.17, 15) is 0 Å². The maximum absolute atomic E-state index is 8.53. The molecule has 2 aromatic carbocycles. The second-order valence-electron chi connectivity index (χ2n) is 7.00. The Labute approximate surface area is 174 Å². The molecule has 0 N–H and O–H groups in total. The first-order valence-electron chi connectivity index (χ1n) is 12.6. The third-order valence-electron chi connectivity index (χ3n) is 5.35. The fourth-order valence-electron chi connectivity index (χ4n) is 4.03. The molecule has 0 atom stereocenters. The molecule has 0 unspecified atom stereocenters. The Morgan fingerprint density at radius 3 is 2.61 bits per heavy atom. The highest BCUT2D eigenvalue weighted by atomic mass is 16.3. The molecule has 0 radical (unpaired) electrons. The molecule has 0 spiro atoms. The number of pyridine rings is 2. The van der Waals surface area contributed by atoms with E-state index in [1.165, 1.54) is 12.3 Å². The first-order valence-corrected chi connectivity index (χ1v) is 9.05. The normalized spacial score (nSPS) is 16.9. The SMILES string of the molecule is [2H]C([2H])([2H])C([2H])(c1ccc(-c2c(C)c3ccccc3c3c2oc2ncccc23)[n+](C)c1)C([2H])([2H])[2H]. The number of nitrogens with zero attached hydrogens (tertiary/aromatic N) is 2. The number of hydrogen-bond acceptors (Lipinski definition) is 2. The Morgan fingerprint density at radius 1 is 1.04 bits per heavy atom. The van der Waals surface area contributed by atoms with Gasteiger partial charge in [-0.3, -0.25) is 0 Å². The molecule has 0 amide bonds. The minimum atomic E-state index is -3.05.